The predicted molar refractivity (Wildman–Crippen MR) is 87.0 cm³/mol. The highest BCUT2D eigenvalue weighted by Crippen LogP contribution is 2.16. The van der Waals surface area contributed by atoms with Crippen molar-refractivity contribution < 1.29 is 4.79 Å². The lowest BCUT2D eigenvalue weighted by Crippen LogP contribution is -2.39. The molecule has 3 N–H and O–H groups in total. The number of nitrogens with one attached hydrogen (secondary N) is 1. The molecular weight excluding hydrogens is 262 g/mol. The average molecular weight is 289 g/mol. The van der Waals surface area contributed by atoms with Crippen LogP contribution in [0.1, 0.15) is 38.7 Å². The van der Waals surface area contributed by atoms with Crippen LogP contribution >= 0.6 is 0 Å². The van der Waals surface area contributed by atoms with Crippen LogP contribution in [0.2, 0.25) is 0 Å². The first-order valence-corrected chi connectivity index (χ1v) is 7.94. The van der Waals surface area contributed by atoms with E-state index in [4.69, 9.17) is 5.73 Å². The van der Waals surface area contributed by atoms with E-state index in [2.05, 4.69) is 22.3 Å². The minimum Gasteiger partial charge on any atom is -0.325 e. The van der Waals surface area contributed by atoms with Crippen molar-refractivity contribution in [1.29, 1.82) is 0 Å². The number of carbonyl (C=O) groups excluding carboxylic acids is 1. The molecule has 21 heavy (non-hydrogen) atoms. The van der Waals surface area contributed by atoms with Crippen molar-refractivity contribution >= 4 is 11.6 Å². The first-order valence-electron chi connectivity index (χ1n) is 7.94. The maximum absolute atomic E-state index is 12.0. The standard InChI is InChI=1S/C17H27N3O/c1-13(2)16(18)17(21)19-15-8-6-7-14(11-15)12-20-9-4-3-5-10-20/h6-8,11,13,16H,3-5,9-10,12,18H2,1-2H3,(H,19,21). The highest BCUT2D eigenvalue weighted by atomic mass is 16.2. The first kappa shape index (κ1) is 16.0. The monoisotopic (exact) mass is 289 g/mol. The van der Waals surface area contributed by atoms with Gasteiger partial charge in [0.1, 0.15) is 0 Å². The fourth-order valence-electron chi connectivity index (χ4n) is 2.65. The summed E-state index contributed by atoms with van der Waals surface area (Å²) in [6.45, 7) is 7.22. The molecule has 1 atom stereocenters. The Kier molecular flexibility index (Phi) is 5.76. The second kappa shape index (κ2) is 7.57. The second-order valence-corrected chi connectivity index (χ2v) is 6.30. The molecule has 0 saturated carbocycles. The number of piperidine rings is 1. The molecule has 4 nitrogen and oxygen atoms in total. The molecule has 1 unspecified atom stereocenters. The average Bonchev–Trinajstić information content (AvgIpc) is 2.47. The molecule has 1 aliphatic rings. The lowest BCUT2D eigenvalue weighted by molar-refractivity contribution is -0.118. The first-order chi connectivity index (χ1) is 10.1. The Hall–Kier alpha value is -1.39. The van der Waals surface area contributed by atoms with Gasteiger partial charge < -0.3 is 11.1 Å². The van der Waals surface area contributed by atoms with Gasteiger partial charge in [-0.25, -0.2) is 0 Å². The summed E-state index contributed by atoms with van der Waals surface area (Å²) in [5.74, 6) is 0.0293. The van der Waals surface area contributed by atoms with Crippen LogP contribution in [0, 0.1) is 5.92 Å². The molecule has 0 radical (unpaired) electrons. The van der Waals surface area contributed by atoms with Crippen molar-refractivity contribution in [1.82, 2.24) is 4.90 Å². The molecule has 1 aromatic carbocycles. The van der Waals surface area contributed by atoms with Crippen LogP contribution in [-0.4, -0.2) is 29.9 Å². The lowest BCUT2D eigenvalue weighted by atomic mass is 10.0. The largest absolute Gasteiger partial charge is 0.325 e. The third-order valence-electron chi connectivity index (χ3n) is 4.07. The van der Waals surface area contributed by atoms with Crippen molar-refractivity contribution in [2.75, 3.05) is 18.4 Å². The molecule has 1 heterocycles. The van der Waals surface area contributed by atoms with Gasteiger partial charge in [0.15, 0.2) is 0 Å². The normalized spacial score (nSPS) is 17.7. The number of likely N-dealkylation sites (tertiary alicyclic amines) is 1. The number of hydrogen-bond acceptors (Lipinski definition) is 3. The number of nitrogens with two attached hydrogens (primary N) is 1. The molecule has 1 aromatic rings. The Morgan fingerprint density at radius 2 is 2.00 bits per heavy atom. The zero-order valence-corrected chi connectivity index (χ0v) is 13.1. The molecule has 116 valence electrons. The number of hydrogen-bond donors (Lipinski definition) is 2. The highest BCUT2D eigenvalue weighted by Gasteiger charge is 2.17. The number of anilines is 1. The number of benzene rings is 1. The van der Waals surface area contributed by atoms with E-state index in [0.717, 1.165) is 12.2 Å². The van der Waals surface area contributed by atoms with Crippen LogP contribution in [0.3, 0.4) is 0 Å². The molecule has 0 bridgehead atoms. The molecular formula is C17H27N3O. The van der Waals surface area contributed by atoms with E-state index in [1.54, 1.807) is 0 Å². The molecule has 1 aliphatic heterocycles. The maximum atomic E-state index is 12.0. The van der Waals surface area contributed by atoms with Crippen molar-refractivity contribution in [2.24, 2.45) is 11.7 Å². The van der Waals surface area contributed by atoms with E-state index < -0.39 is 6.04 Å². The van der Waals surface area contributed by atoms with Gasteiger partial charge in [0.2, 0.25) is 5.91 Å². The smallest absolute Gasteiger partial charge is 0.241 e. The van der Waals surface area contributed by atoms with Crippen molar-refractivity contribution in [3.63, 3.8) is 0 Å². The fourth-order valence-corrected chi connectivity index (χ4v) is 2.65. The van der Waals surface area contributed by atoms with Crippen LogP contribution < -0.4 is 11.1 Å². The molecule has 0 aliphatic carbocycles. The SMILES string of the molecule is CC(C)C(N)C(=O)Nc1cccc(CN2CCCCC2)c1. The van der Waals surface area contributed by atoms with E-state index in [1.165, 1.54) is 37.9 Å². The summed E-state index contributed by atoms with van der Waals surface area (Å²) in [4.78, 5) is 14.5. The van der Waals surface area contributed by atoms with Crippen LogP contribution in [0.25, 0.3) is 0 Å². The summed E-state index contributed by atoms with van der Waals surface area (Å²) >= 11 is 0. The topological polar surface area (TPSA) is 58.4 Å². The van der Waals surface area contributed by atoms with Crippen molar-refractivity contribution in [3.05, 3.63) is 29.8 Å². The molecule has 0 aromatic heterocycles. The third kappa shape index (κ3) is 4.83. The quantitative estimate of drug-likeness (QED) is 0.876. The minimum absolute atomic E-state index is 0.111. The summed E-state index contributed by atoms with van der Waals surface area (Å²) in [6.07, 6.45) is 3.93. The van der Waals surface area contributed by atoms with E-state index in [0.29, 0.717) is 0 Å². The summed E-state index contributed by atoms with van der Waals surface area (Å²) in [5, 5.41) is 2.92. The van der Waals surface area contributed by atoms with Crippen LogP contribution in [0.15, 0.2) is 24.3 Å². The Balaban J connectivity index is 1.95. The number of rotatable bonds is 5. The van der Waals surface area contributed by atoms with E-state index in [1.807, 2.05) is 26.0 Å². The van der Waals surface area contributed by atoms with Gasteiger partial charge in [-0.05, 0) is 49.5 Å². The molecule has 0 spiro atoms. The Bertz CT molecular complexity index is 467. The summed E-state index contributed by atoms with van der Waals surface area (Å²) in [5.41, 5.74) is 7.96. The molecule has 1 saturated heterocycles. The van der Waals surface area contributed by atoms with Crippen LogP contribution in [-0.2, 0) is 11.3 Å². The van der Waals surface area contributed by atoms with E-state index in [9.17, 15) is 4.79 Å². The number of amides is 1. The van der Waals surface area contributed by atoms with Crippen molar-refractivity contribution in [2.45, 2.75) is 45.7 Å². The lowest BCUT2D eigenvalue weighted by Gasteiger charge is -2.26. The van der Waals surface area contributed by atoms with Gasteiger partial charge >= 0.3 is 0 Å². The second-order valence-electron chi connectivity index (χ2n) is 6.30. The molecule has 4 heteroatoms. The van der Waals surface area contributed by atoms with Gasteiger partial charge in [0.05, 0.1) is 6.04 Å². The predicted octanol–water partition coefficient (Wildman–Crippen LogP) is 2.59. The van der Waals surface area contributed by atoms with Gasteiger partial charge in [-0.15, -0.1) is 0 Å². The van der Waals surface area contributed by atoms with Gasteiger partial charge in [-0.3, -0.25) is 9.69 Å². The van der Waals surface area contributed by atoms with Gasteiger partial charge in [-0.1, -0.05) is 32.4 Å². The van der Waals surface area contributed by atoms with Gasteiger partial charge in [0.25, 0.3) is 0 Å². The molecule has 1 fully saturated rings. The van der Waals surface area contributed by atoms with E-state index >= 15 is 0 Å². The van der Waals surface area contributed by atoms with Crippen LogP contribution in [0.5, 0.6) is 0 Å². The maximum Gasteiger partial charge on any atom is 0.241 e. The number of carbonyl (C=O) groups is 1. The summed E-state index contributed by atoms with van der Waals surface area (Å²) in [6, 6.07) is 7.63. The zero-order chi connectivity index (χ0) is 15.2. The number of nitrogens with zero attached hydrogens (tertiary/aromatic N) is 1. The third-order valence-corrected chi connectivity index (χ3v) is 4.07. The fraction of sp³-hybridized carbons (Fsp3) is 0.588. The van der Waals surface area contributed by atoms with Crippen molar-refractivity contribution in [3.8, 4) is 0 Å². The Morgan fingerprint density at radius 1 is 1.29 bits per heavy atom. The molecule has 2 rings (SSSR count). The minimum atomic E-state index is -0.462. The van der Waals surface area contributed by atoms with E-state index in [-0.39, 0.29) is 11.8 Å². The summed E-state index contributed by atoms with van der Waals surface area (Å²) in [7, 11) is 0. The highest BCUT2D eigenvalue weighted by molar-refractivity contribution is 5.94. The zero-order valence-electron chi connectivity index (χ0n) is 13.1. The Morgan fingerprint density at radius 3 is 2.67 bits per heavy atom. The summed E-state index contributed by atoms with van der Waals surface area (Å²) < 4.78 is 0. The van der Waals surface area contributed by atoms with Gasteiger partial charge in [0, 0.05) is 12.2 Å². The van der Waals surface area contributed by atoms with Crippen LogP contribution in [0.4, 0.5) is 5.69 Å². The Labute approximate surface area is 127 Å². The van der Waals surface area contributed by atoms with Gasteiger partial charge in [-0.2, -0.15) is 0 Å². The molecule has 1 amide bonds.